The van der Waals surface area contributed by atoms with Gasteiger partial charge >= 0.3 is 0 Å². The zero-order valence-electron chi connectivity index (χ0n) is 10.1. The molecule has 3 nitrogen and oxygen atoms in total. The molecule has 0 atom stereocenters. The predicted molar refractivity (Wildman–Crippen MR) is 74.7 cm³/mol. The highest BCUT2D eigenvalue weighted by Gasteiger charge is 2.13. The van der Waals surface area contributed by atoms with E-state index in [-0.39, 0.29) is 0 Å². The summed E-state index contributed by atoms with van der Waals surface area (Å²) in [5.74, 6) is 0.886. The van der Waals surface area contributed by atoms with Crippen molar-refractivity contribution in [3.05, 3.63) is 42.4 Å². The second-order valence-corrected chi connectivity index (χ2v) is 5.14. The van der Waals surface area contributed by atoms with Gasteiger partial charge in [-0.1, -0.05) is 25.1 Å². The van der Waals surface area contributed by atoms with Crippen molar-refractivity contribution in [3.63, 3.8) is 0 Å². The van der Waals surface area contributed by atoms with Crippen LogP contribution in [0.3, 0.4) is 0 Å². The molecule has 1 aromatic carbocycles. The van der Waals surface area contributed by atoms with Gasteiger partial charge in [0.15, 0.2) is 12.2 Å². The van der Waals surface area contributed by atoms with Crippen LogP contribution in [0.15, 0.2) is 41.1 Å². The highest BCUT2D eigenvalue weighted by Crippen LogP contribution is 2.34. The first-order chi connectivity index (χ1) is 8.88. The normalized spacial score (nSPS) is 11.2. The Balaban J connectivity index is 2.01. The zero-order chi connectivity index (χ0) is 12.4. The summed E-state index contributed by atoms with van der Waals surface area (Å²) >= 11 is 1.74. The Hall–Kier alpha value is -1.65. The van der Waals surface area contributed by atoms with Crippen LogP contribution in [0.5, 0.6) is 0 Å². The van der Waals surface area contributed by atoms with E-state index in [2.05, 4.69) is 47.6 Å². The molecule has 3 rings (SSSR count). The maximum absolute atomic E-state index is 5.54. The van der Waals surface area contributed by atoms with Crippen molar-refractivity contribution in [2.45, 2.75) is 13.5 Å². The minimum atomic E-state index is 0.747. The molecule has 0 aliphatic heterocycles. The van der Waals surface area contributed by atoms with Crippen LogP contribution in [-0.4, -0.2) is 11.5 Å². The molecule has 0 aliphatic carbocycles. The largest absolute Gasteiger partial charge is 0.442 e. The molecule has 0 unspecified atom stereocenters. The van der Waals surface area contributed by atoms with Crippen molar-refractivity contribution < 1.29 is 4.42 Å². The molecule has 0 saturated heterocycles. The molecule has 0 saturated carbocycles. The van der Waals surface area contributed by atoms with Crippen LogP contribution >= 0.6 is 11.3 Å². The van der Waals surface area contributed by atoms with E-state index in [0.29, 0.717) is 0 Å². The molecule has 3 aromatic rings. The Labute approximate surface area is 109 Å². The van der Waals surface area contributed by atoms with Crippen molar-refractivity contribution >= 4 is 21.4 Å². The van der Waals surface area contributed by atoms with Crippen LogP contribution in [0.25, 0.3) is 20.7 Å². The van der Waals surface area contributed by atoms with Gasteiger partial charge in [0.2, 0.25) is 0 Å². The number of hydrogen-bond acceptors (Lipinski definition) is 4. The highest BCUT2D eigenvalue weighted by molar-refractivity contribution is 7.22. The summed E-state index contributed by atoms with van der Waals surface area (Å²) in [5, 5.41) is 4.53. The lowest BCUT2D eigenvalue weighted by molar-refractivity contribution is 0.571. The Bertz CT molecular complexity index is 623. The lowest BCUT2D eigenvalue weighted by Crippen LogP contribution is -2.12. The second-order valence-electron chi connectivity index (χ2n) is 4.06. The van der Waals surface area contributed by atoms with Crippen LogP contribution in [0.4, 0.5) is 0 Å². The van der Waals surface area contributed by atoms with E-state index in [1.807, 2.05) is 0 Å². The summed E-state index contributed by atoms with van der Waals surface area (Å²) < 4.78 is 6.81. The summed E-state index contributed by atoms with van der Waals surface area (Å²) in [6, 6.07) is 10.5. The Morgan fingerprint density at radius 2 is 2.22 bits per heavy atom. The molecule has 2 aromatic heterocycles. The molecule has 0 amide bonds. The van der Waals surface area contributed by atoms with Gasteiger partial charge in [-0.05, 0) is 24.1 Å². The third-order valence-corrected chi connectivity index (χ3v) is 3.95. The van der Waals surface area contributed by atoms with E-state index in [1.54, 1.807) is 11.3 Å². The number of hydrogen-bond donors (Lipinski definition) is 1. The average Bonchev–Trinajstić information content (AvgIpc) is 3.01. The molecule has 2 heterocycles. The first kappa shape index (κ1) is 11.4. The fourth-order valence-electron chi connectivity index (χ4n) is 1.93. The number of oxazole rings is 1. The van der Waals surface area contributed by atoms with Crippen LogP contribution in [0, 0.1) is 0 Å². The van der Waals surface area contributed by atoms with Gasteiger partial charge in [-0.2, -0.15) is 0 Å². The van der Waals surface area contributed by atoms with Gasteiger partial charge in [0.25, 0.3) is 0 Å². The molecule has 18 heavy (non-hydrogen) atoms. The lowest BCUT2D eigenvalue weighted by atomic mass is 10.2. The number of benzene rings is 1. The molecule has 0 bridgehead atoms. The number of aromatic nitrogens is 1. The molecule has 1 N–H and O–H groups in total. The Morgan fingerprint density at radius 3 is 3.06 bits per heavy atom. The van der Waals surface area contributed by atoms with E-state index < -0.39 is 0 Å². The van der Waals surface area contributed by atoms with Gasteiger partial charge in [-0.3, -0.25) is 0 Å². The van der Waals surface area contributed by atoms with Gasteiger partial charge in [-0.25, -0.2) is 4.98 Å². The topological polar surface area (TPSA) is 38.1 Å². The number of thiophene rings is 1. The smallest absolute Gasteiger partial charge is 0.181 e. The monoisotopic (exact) mass is 258 g/mol. The van der Waals surface area contributed by atoms with Gasteiger partial charge in [0, 0.05) is 11.2 Å². The zero-order valence-corrected chi connectivity index (χ0v) is 11.0. The van der Waals surface area contributed by atoms with E-state index in [0.717, 1.165) is 29.4 Å². The fourth-order valence-corrected chi connectivity index (χ4v) is 3.01. The maximum atomic E-state index is 5.54. The molecule has 4 heteroatoms. The van der Waals surface area contributed by atoms with E-state index in [1.165, 1.54) is 16.5 Å². The minimum absolute atomic E-state index is 0.747. The second kappa shape index (κ2) is 4.92. The van der Waals surface area contributed by atoms with Crippen LogP contribution in [0.2, 0.25) is 0 Å². The molecule has 0 fully saturated rings. The summed E-state index contributed by atoms with van der Waals surface area (Å²) in [6.45, 7) is 3.76. The molecule has 92 valence electrons. The quantitative estimate of drug-likeness (QED) is 0.776. The van der Waals surface area contributed by atoms with Crippen molar-refractivity contribution in [1.82, 2.24) is 10.3 Å². The van der Waals surface area contributed by atoms with Crippen molar-refractivity contribution in [2.75, 3.05) is 6.54 Å². The summed E-state index contributed by atoms with van der Waals surface area (Å²) in [5.41, 5.74) is 0.975. The van der Waals surface area contributed by atoms with Crippen LogP contribution in [-0.2, 0) is 6.54 Å². The molecule has 0 radical (unpaired) electrons. The number of nitrogens with one attached hydrogen (secondary N) is 1. The van der Waals surface area contributed by atoms with Crippen LogP contribution < -0.4 is 5.32 Å². The van der Waals surface area contributed by atoms with Gasteiger partial charge in [0.1, 0.15) is 5.69 Å². The van der Waals surface area contributed by atoms with Gasteiger partial charge < -0.3 is 9.73 Å². The average molecular weight is 258 g/mol. The Kier molecular flexibility index (Phi) is 3.13. The standard InChI is InChI=1S/C14H14N2OS/c1-2-15-8-11-14(17-9-16-11)13-7-10-5-3-4-6-12(10)18-13/h3-7,9,15H,2,8H2,1H3. The lowest BCUT2D eigenvalue weighted by Gasteiger charge is -1.98. The Morgan fingerprint density at radius 1 is 1.33 bits per heavy atom. The first-order valence-electron chi connectivity index (χ1n) is 6.00. The summed E-state index contributed by atoms with van der Waals surface area (Å²) in [7, 11) is 0. The van der Waals surface area contributed by atoms with Crippen molar-refractivity contribution in [1.29, 1.82) is 0 Å². The fraction of sp³-hybridized carbons (Fsp3) is 0.214. The van der Waals surface area contributed by atoms with Gasteiger partial charge in [0.05, 0.1) is 4.88 Å². The third-order valence-electron chi connectivity index (χ3n) is 2.83. The maximum Gasteiger partial charge on any atom is 0.181 e. The first-order valence-corrected chi connectivity index (χ1v) is 6.82. The number of fused-ring (bicyclic) bond motifs is 1. The SMILES string of the molecule is CCNCc1ncoc1-c1cc2ccccc2s1. The van der Waals surface area contributed by atoms with Crippen LogP contribution in [0.1, 0.15) is 12.6 Å². The predicted octanol–water partition coefficient (Wildman–Crippen LogP) is 3.67. The number of rotatable bonds is 4. The molecule has 0 spiro atoms. The minimum Gasteiger partial charge on any atom is -0.442 e. The summed E-state index contributed by atoms with van der Waals surface area (Å²) in [6.07, 6.45) is 1.52. The van der Waals surface area contributed by atoms with Gasteiger partial charge in [-0.15, -0.1) is 11.3 Å². The van der Waals surface area contributed by atoms with Crippen molar-refractivity contribution in [3.8, 4) is 10.6 Å². The molecule has 0 aliphatic rings. The molecular weight excluding hydrogens is 244 g/mol. The third kappa shape index (κ3) is 2.05. The highest BCUT2D eigenvalue weighted by atomic mass is 32.1. The summed E-state index contributed by atoms with van der Waals surface area (Å²) in [4.78, 5) is 5.42. The van der Waals surface area contributed by atoms with E-state index in [9.17, 15) is 0 Å². The number of nitrogens with zero attached hydrogens (tertiary/aromatic N) is 1. The van der Waals surface area contributed by atoms with E-state index >= 15 is 0 Å². The van der Waals surface area contributed by atoms with Crippen molar-refractivity contribution in [2.24, 2.45) is 0 Å². The van der Waals surface area contributed by atoms with E-state index in [4.69, 9.17) is 4.42 Å². The molecular formula is C14H14N2OS.